The molecule has 0 bridgehead atoms. The summed E-state index contributed by atoms with van der Waals surface area (Å²) in [4.78, 5) is 12.4. The number of hydrogen-bond donors (Lipinski definition) is 1. The smallest absolute Gasteiger partial charge is 0.237 e. The second kappa shape index (κ2) is 7.70. The predicted octanol–water partition coefficient (Wildman–Crippen LogP) is 4.14. The van der Waals surface area contributed by atoms with Gasteiger partial charge in [0.25, 0.3) is 0 Å². The van der Waals surface area contributed by atoms with Gasteiger partial charge in [0.05, 0.1) is 10.9 Å². The van der Waals surface area contributed by atoms with Crippen LogP contribution in [-0.2, 0) is 4.79 Å². The highest BCUT2D eigenvalue weighted by atomic mass is 32.2. The summed E-state index contributed by atoms with van der Waals surface area (Å²) >= 11 is 1.31. The number of hydrogen-bond acceptors (Lipinski definition) is 4. The van der Waals surface area contributed by atoms with Crippen LogP contribution in [0.25, 0.3) is 5.69 Å². The summed E-state index contributed by atoms with van der Waals surface area (Å²) in [5.41, 5.74) is 2.50. The fraction of sp³-hybridized carbons (Fsp3) is 0.211. The Kier molecular flexibility index (Phi) is 5.37. The zero-order chi connectivity index (χ0) is 18.7. The number of aryl methyl sites for hydroxylation is 2. The van der Waals surface area contributed by atoms with Crippen molar-refractivity contribution in [3.05, 3.63) is 65.7 Å². The Morgan fingerprint density at radius 2 is 1.92 bits per heavy atom. The normalized spacial score (nSPS) is 12.0. The van der Waals surface area contributed by atoms with Crippen LogP contribution in [0.4, 0.5) is 10.1 Å². The van der Waals surface area contributed by atoms with Gasteiger partial charge in [0.1, 0.15) is 11.6 Å². The van der Waals surface area contributed by atoms with Crippen molar-refractivity contribution in [3.8, 4) is 5.69 Å². The summed E-state index contributed by atoms with van der Waals surface area (Å²) in [5, 5.41) is 11.3. The molecule has 0 fully saturated rings. The highest BCUT2D eigenvalue weighted by molar-refractivity contribution is 8.00. The lowest BCUT2D eigenvalue weighted by atomic mass is 10.2. The summed E-state index contributed by atoms with van der Waals surface area (Å²) < 4.78 is 15.2. The summed E-state index contributed by atoms with van der Waals surface area (Å²) in [6, 6.07) is 13.8. The minimum absolute atomic E-state index is 0.224. The van der Waals surface area contributed by atoms with Crippen LogP contribution in [0.15, 0.2) is 53.7 Å². The van der Waals surface area contributed by atoms with Gasteiger partial charge in [0.15, 0.2) is 5.16 Å². The number of para-hydroxylation sites is 1. The van der Waals surface area contributed by atoms with Gasteiger partial charge in [-0.15, -0.1) is 10.2 Å². The maximum absolute atomic E-state index is 13.3. The first-order valence-electron chi connectivity index (χ1n) is 8.17. The van der Waals surface area contributed by atoms with Crippen LogP contribution in [-0.4, -0.2) is 25.9 Å². The molecule has 1 N–H and O–H groups in total. The molecule has 1 unspecified atom stereocenters. The van der Waals surface area contributed by atoms with Crippen molar-refractivity contribution in [2.75, 3.05) is 5.32 Å². The molecule has 0 saturated heterocycles. The lowest BCUT2D eigenvalue weighted by Gasteiger charge is -2.14. The molecule has 1 amide bonds. The Balaban J connectivity index is 1.79. The number of carbonyl (C=O) groups excluding carboxylic acids is 1. The Labute approximate surface area is 155 Å². The molecular weight excluding hydrogens is 351 g/mol. The van der Waals surface area contributed by atoms with Crippen molar-refractivity contribution in [2.24, 2.45) is 0 Å². The van der Waals surface area contributed by atoms with Crippen molar-refractivity contribution < 1.29 is 9.18 Å². The fourth-order valence-corrected chi connectivity index (χ4v) is 3.44. The van der Waals surface area contributed by atoms with E-state index in [4.69, 9.17) is 0 Å². The first-order valence-corrected chi connectivity index (χ1v) is 9.05. The molecule has 0 radical (unpaired) electrons. The average molecular weight is 370 g/mol. The monoisotopic (exact) mass is 370 g/mol. The fourth-order valence-electron chi connectivity index (χ4n) is 2.53. The molecule has 5 nitrogen and oxygen atoms in total. The van der Waals surface area contributed by atoms with E-state index in [0.717, 1.165) is 17.1 Å². The Morgan fingerprint density at radius 3 is 2.65 bits per heavy atom. The number of halogens is 1. The molecule has 3 rings (SSSR count). The predicted molar refractivity (Wildman–Crippen MR) is 101 cm³/mol. The molecule has 1 atom stereocenters. The number of nitrogens with zero attached hydrogens (tertiary/aromatic N) is 3. The molecule has 134 valence electrons. The number of thioether (sulfide) groups is 1. The van der Waals surface area contributed by atoms with Crippen molar-refractivity contribution in [1.82, 2.24) is 14.8 Å². The summed E-state index contributed by atoms with van der Waals surface area (Å²) in [5.74, 6) is 0.134. The number of rotatable bonds is 5. The molecule has 1 aromatic heterocycles. The molecule has 0 spiro atoms. The molecule has 3 aromatic rings. The third-order valence-corrected chi connectivity index (χ3v) is 4.94. The van der Waals surface area contributed by atoms with Crippen molar-refractivity contribution in [1.29, 1.82) is 0 Å². The van der Waals surface area contributed by atoms with Crippen LogP contribution in [0.1, 0.15) is 18.3 Å². The lowest BCUT2D eigenvalue weighted by molar-refractivity contribution is -0.115. The van der Waals surface area contributed by atoms with E-state index in [0.29, 0.717) is 10.8 Å². The number of aromatic nitrogens is 3. The van der Waals surface area contributed by atoms with E-state index < -0.39 is 11.1 Å². The molecule has 26 heavy (non-hydrogen) atoms. The zero-order valence-corrected chi connectivity index (χ0v) is 15.5. The molecule has 2 aromatic carbocycles. The third kappa shape index (κ3) is 3.94. The minimum Gasteiger partial charge on any atom is -0.325 e. The van der Waals surface area contributed by atoms with E-state index in [9.17, 15) is 9.18 Å². The number of carbonyl (C=O) groups is 1. The van der Waals surface area contributed by atoms with E-state index in [2.05, 4.69) is 15.5 Å². The van der Waals surface area contributed by atoms with Gasteiger partial charge in [-0.25, -0.2) is 4.39 Å². The molecule has 0 aliphatic carbocycles. The Morgan fingerprint density at radius 1 is 1.15 bits per heavy atom. The maximum atomic E-state index is 13.3. The third-order valence-electron chi connectivity index (χ3n) is 3.90. The molecule has 0 aliphatic heterocycles. The number of anilines is 1. The highest BCUT2D eigenvalue weighted by Gasteiger charge is 2.20. The van der Waals surface area contributed by atoms with Crippen molar-refractivity contribution in [2.45, 2.75) is 31.2 Å². The highest BCUT2D eigenvalue weighted by Crippen LogP contribution is 2.27. The first-order chi connectivity index (χ1) is 12.5. The molecule has 1 heterocycles. The van der Waals surface area contributed by atoms with Crippen LogP contribution in [0.5, 0.6) is 0 Å². The van der Waals surface area contributed by atoms with E-state index in [1.165, 1.54) is 23.9 Å². The van der Waals surface area contributed by atoms with Gasteiger partial charge in [-0.1, -0.05) is 36.0 Å². The van der Waals surface area contributed by atoms with Crippen molar-refractivity contribution >= 4 is 23.4 Å². The van der Waals surface area contributed by atoms with Gasteiger partial charge in [-0.2, -0.15) is 0 Å². The van der Waals surface area contributed by atoms with E-state index in [1.807, 2.05) is 42.7 Å². The first kappa shape index (κ1) is 18.1. The Hall–Kier alpha value is -2.67. The van der Waals surface area contributed by atoms with Crippen LogP contribution in [0, 0.1) is 19.7 Å². The quantitative estimate of drug-likeness (QED) is 0.686. The summed E-state index contributed by atoms with van der Waals surface area (Å²) in [7, 11) is 0. The zero-order valence-electron chi connectivity index (χ0n) is 14.7. The van der Waals surface area contributed by atoms with E-state index >= 15 is 0 Å². The second-order valence-corrected chi connectivity index (χ2v) is 7.22. The summed E-state index contributed by atoms with van der Waals surface area (Å²) in [6.07, 6.45) is 0. The lowest BCUT2D eigenvalue weighted by Crippen LogP contribution is -2.23. The number of benzene rings is 2. The SMILES string of the molecule is Cc1ccccc1-n1c(C)nnc1SC(C)C(=O)Nc1cccc(F)c1. The van der Waals surface area contributed by atoms with Gasteiger partial charge in [-0.05, 0) is 50.6 Å². The van der Waals surface area contributed by atoms with Gasteiger partial charge in [0, 0.05) is 5.69 Å². The van der Waals surface area contributed by atoms with Crippen LogP contribution < -0.4 is 5.32 Å². The molecule has 0 saturated carbocycles. The number of nitrogens with one attached hydrogen (secondary N) is 1. The second-order valence-electron chi connectivity index (χ2n) is 5.91. The number of amides is 1. The minimum atomic E-state index is -0.426. The van der Waals surface area contributed by atoms with Gasteiger partial charge < -0.3 is 5.32 Å². The van der Waals surface area contributed by atoms with Gasteiger partial charge >= 0.3 is 0 Å². The largest absolute Gasteiger partial charge is 0.325 e. The molecule has 0 aliphatic rings. The maximum Gasteiger partial charge on any atom is 0.237 e. The van der Waals surface area contributed by atoms with Gasteiger partial charge in [-0.3, -0.25) is 9.36 Å². The van der Waals surface area contributed by atoms with Crippen LogP contribution >= 0.6 is 11.8 Å². The summed E-state index contributed by atoms with van der Waals surface area (Å²) in [6.45, 7) is 5.68. The van der Waals surface area contributed by atoms with E-state index in [-0.39, 0.29) is 5.91 Å². The van der Waals surface area contributed by atoms with E-state index in [1.54, 1.807) is 19.1 Å². The van der Waals surface area contributed by atoms with Gasteiger partial charge in [0.2, 0.25) is 5.91 Å². The molecule has 7 heteroatoms. The average Bonchev–Trinajstić information content (AvgIpc) is 2.95. The van der Waals surface area contributed by atoms with Crippen molar-refractivity contribution in [3.63, 3.8) is 0 Å². The molecular formula is C19H19FN4OS. The topological polar surface area (TPSA) is 59.8 Å². The standard InChI is InChI=1S/C19H19FN4OS/c1-12-7-4-5-10-17(12)24-14(3)22-23-19(24)26-13(2)18(25)21-16-9-6-8-15(20)11-16/h4-11,13H,1-3H3,(H,21,25). The van der Waals surface area contributed by atoms with Crippen LogP contribution in [0.2, 0.25) is 0 Å². The van der Waals surface area contributed by atoms with Crippen LogP contribution in [0.3, 0.4) is 0 Å². The Bertz CT molecular complexity index is 941.